The van der Waals surface area contributed by atoms with Crippen LogP contribution in [0.4, 0.5) is 0 Å². The third kappa shape index (κ3) is 2.89. The van der Waals surface area contributed by atoms with Crippen molar-refractivity contribution in [3.63, 3.8) is 0 Å². The first-order valence-electron chi connectivity index (χ1n) is 9.15. The van der Waals surface area contributed by atoms with E-state index in [1.807, 2.05) is 0 Å². The molecule has 30 heavy (non-hydrogen) atoms. The molecule has 4 rings (SSSR count). The molecule has 0 amide bonds. The van der Waals surface area contributed by atoms with E-state index in [9.17, 15) is 4.79 Å². The number of benzene rings is 2. The van der Waals surface area contributed by atoms with E-state index in [-0.39, 0.29) is 53.3 Å². The summed E-state index contributed by atoms with van der Waals surface area (Å²) in [5, 5.41) is 0. The Morgan fingerprint density at radius 2 is 1.47 bits per heavy atom. The topological polar surface area (TPSA) is 90.9 Å². The van der Waals surface area contributed by atoms with Gasteiger partial charge in [0.15, 0.2) is 28.8 Å². The molecular formula is C21H22O9. The second-order valence-corrected chi connectivity index (χ2v) is 6.53. The fourth-order valence-corrected chi connectivity index (χ4v) is 3.73. The number of ketones is 1. The Morgan fingerprint density at radius 1 is 0.800 bits per heavy atom. The van der Waals surface area contributed by atoms with Crippen molar-refractivity contribution >= 4 is 5.78 Å². The highest BCUT2D eigenvalue weighted by molar-refractivity contribution is 6.05. The Kier molecular flexibility index (Phi) is 5.11. The molecule has 0 bridgehead atoms. The summed E-state index contributed by atoms with van der Waals surface area (Å²) in [6, 6.07) is 3.54. The molecule has 0 spiro atoms. The van der Waals surface area contributed by atoms with Gasteiger partial charge in [0.1, 0.15) is 11.7 Å². The zero-order valence-corrected chi connectivity index (χ0v) is 17.3. The Labute approximate surface area is 173 Å². The lowest BCUT2D eigenvalue weighted by Crippen LogP contribution is -2.22. The van der Waals surface area contributed by atoms with Gasteiger partial charge in [-0.3, -0.25) is 4.79 Å². The highest BCUT2D eigenvalue weighted by atomic mass is 16.7. The van der Waals surface area contributed by atoms with E-state index in [1.165, 1.54) is 35.5 Å². The number of ether oxygens (including phenoxy) is 8. The monoisotopic (exact) mass is 418 g/mol. The van der Waals surface area contributed by atoms with Crippen LogP contribution in [0.15, 0.2) is 12.1 Å². The van der Waals surface area contributed by atoms with Crippen LogP contribution in [0.3, 0.4) is 0 Å². The minimum Gasteiger partial charge on any atom is -0.493 e. The molecular weight excluding hydrogens is 396 g/mol. The fourth-order valence-electron chi connectivity index (χ4n) is 3.73. The van der Waals surface area contributed by atoms with Gasteiger partial charge in [0.25, 0.3) is 0 Å². The lowest BCUT2D eigenvalue weighted by atomic mass is 9.94. The zero-order valence-electron chi connectivity index (χ0n) is 17.3. The van der Waals surface area contributed by atoms with Crippen LogP contribution < -0.4 is 37.9 Å². The number of Topliss-reactive ketones (excluding diaryl/α,β-unsaturated/α-hetero) is 1. The first kappa shape index (κ1) is 19.8. The molecule has 2 aliphatic heterocycles. The second kappa shape index (κ2) is 7.74. The number of rotatable bonds is 6. The highest BCUT2D eigenvalue weighted by Gasteiger charge is 2.39. The van der Waals surface area contributed by atoms with Crippen LogP contribution in [0.2, 0.25) is 0 Å². The largest absolute Gasteiger partial charge is 0.493 e. The molecule has 2 aromatic rings. The molecule has 1 atom stereocenters. The van der Waals surface area contributed by atoms with Crippen LogP contribution >= 0.6 is 0 Å². The van der Waals surface area contributed by atoms with Crippen molar-refractivity contribution < 1.29 is 42.7 Å². The summed E-state index contributed by atoms with van der Waals surface area (Å²) in [6.07, 6.45) is -0.532. The molecule has 0 N–H and O–H groups in total. The zero-order chi connectivity index (χ0) is 21.4. The first-order valence-corrected chi connectivity index (χ1v) is 9.15. The molecule has 160 valence electrons. The summed E-state index contributed by atoms with van der Waals surface area (Å²) in [4.78, 5) is 13.2. The van der Waals surface area contributed by atoms with Crippen LogP contribution in [0.5, 0.6) is 46.0 Å². The smallest absolute Gasteiger partial charge is 0.231 e. The van der Waals surface area contributed by atoms with Gasteiger partial charge in [-0.15, -0.1) is 0 Å². The standard InChI is InChI=1S/C21H22O9/c1-23-13-6-10(7-14-16(13)29-9-28-14)12-8-11(22)15-17(24-2)19(25-3)21(27-5)20(26-4)18(15)30-12/h6-7,12H,8-9H2,1-5H3/t12-/m0/s1. The molecule has 2 heterocycles. The number of hydrogen-bond acceptors (Lipinski definition) is 9. The van der Waals surface area contributed by atoms with E-state index in [4.69, 9.17) is 37.9 Å². The minimum absolute atomic E-state index is 0.0742. The molecule has 0 aromatic heterocycles. The molecule has 0 saturated heterocycles. The Bertz CT molecular complexity index is 999. The van der Waals surface area contributed by atoms with Gasteiger partial charge in [-0.1, -0.05) is 0 Å². The van der Waals surface area contributed by atoms with Gasteiger partial charge >= 0.3 is 0 Å². The first-order chi connectivity index (χ1) is 14.6. The van der Waals surface area contributed by atoms with Crippen molar-refractivity contribution in [3.05, 3.63) is 23.3 Å². The Balaban J connectivity index is 1.85. The van der Waals surface area contributed by atoms with Gasteiger partial charge in [-0.2, -0.15) is 0 Å². The normalized spacial score (nSPS) is 16.4. The molecule has 9 nitrogen and oxygen atoms in total. The number of hydrogen-bond donors (Lipinski definition) is 0. The molecule has 0 fully saturated rings. The van der Waals surface area contributed by atoms with Crippen LogP contribution in [0.25, 0.3) is 0 Å². The van der Waals surface area contributed by atoms with Crippen LogP contribution in [0.1, 0.15) is 28.4 Å². The molecule has 2 aromatic carbocycles. The second-order valence-electron chi connectivity index (χ2n) is 6.53. The van der Waals surface area contributed by atoms with Crippen molar-refractivity contribution in [2.75, 3.05) is 42.3 Å². The molecule has 2 aliphatic rings. The van der Waals surface area contributed by atoms with E-state index in [0.29, 0.717) is 22.8 Å². The fraction of sp³-hybridized carbons (Fsp3) is 0.381. The quantitative estimate of drug-likeness (QED) is 0.701. The van der Waals surface area contributed by atoms with E-state index in [0.717, 1.165) is 0 Å². The maximum Gasteiger partial charge on any atom is 0.231 e. The molecule has 0 saturated carbocycles. The van der Waals surface area contributed by atoms with Crippen LogP contribution in [0, 0.1) is 0 Å². The third-order valence-electron chi connectivity index (χ3n) is 5.06. The number of fused-ring (bicyclic) bond motifs is 2. The lowest BCUT2D eigenvalue weighted by molar-refractivity contribution is 0.0832. The summed E-state index contributed by atoms with van der Waals surface area (Å²) in [6.45, 7) is 0.102. The van der Waals surface area contributed by atoms with Gasteiger partial charge in [0, 0.05) is 5.56 Å². The lowest BCUT2D eigenvalue weighted by Gasteiger charge is -2.30. The molecule has 0 aliphatic carbocycles. The number of carbonyl (C=O) groups is 1. The minimum atomic E-state index is -0.606. The van der Waals surface area contributed by atoms with E-state index in [2.05, 4.69) is 0 Å². The van der Waals surface area contributed by atoms with Crippen molar-refractivity contribution in [2.24, 2.45) is 0 Å². The van der Waals surface area contributed by atoms with Crippen LogP contribution in [-0.2, 0) is 0 Å². The van der Waals surface area contributed by atoms with Crippen molar-refractivity contribution in [1.29, 1.82) is 0 Å². The molecule has 0 unspecified atom stereocenters. The average Bonchev–Trinajstić information content (AvgIpc) is 3.25. The van der Waals surface area contributed by atoms with Gasteiger partial charge in [-0.05, 0) is 12.1 Å². The van der Waals surface area contributed by atoms with Crippen LogP contribution in [-0.4, -0.2) is 48.1 Å². The van der Waals surface area contributed by atoms with Gasteiger partial charge < -0.3 is 37.9 Å². The van der Waals surface area contributed by atoms with E-state index in [1.54, 1.807) is 12.1 Å². The summed E-state index contributed by atoms with van der Waals surface area (Å²) < 4.78 is 44.5. The van der Waals surface area contributed by atoms with Gasteiger partial charge in [0.05, 0.1) is 42.0 Å². The predicted octanol–water partition coefficient (Wildman–Crippen LogP) is 3.16. The van der Waals surface area contributed by atoms with Crippen molar-refractivity contribution in [1.82, 2.24) is 0 Å². The van der Waals surface area contributed by atoms with E-state index < -0.39 is 6.10 Å². The number of carbonyl (C=O) groups excluding carboxylic acids is 1. The van der Waals surface area contributed by atoms with E-state index >= 15 is 0 Å². The maximum absolute atomic E-state index is 13.2. The van der Waals surface area contributed by atoms with Crippen molar-refractivity contribution in [2.45, 2.75) is 12.5 Å². The predicted molar refractivity (Wildman–Crippen MR) is 104 cm³/mol. The number of methoxy groups -OCH3 is 5. The maximum atomic E-state index is 13.2. The Hall–Kier alpha value is -3.49. The molecule has 9 heteroatoms. The van der Waals surface area contributed by atoms with Gasteiger partial charge in [-0.25, -0.2) is 0 Å². The SMILES string of the molecule is COc1cc([C@@H]2CC(=O)c3c(OC)c(OC)c(OC)c(OC)c3O2)cc2c1OCO2. The van der Waals surface area contributed by atoms with Crippen molar-refractivity contribution in [3.8, 4) is 46.0 Å². The summed E-state index contributed by atoms with van der Waals surface area (Å²) >= 11 is 0. The summed E-state index contributed by atoms with van der Waals surface area (Å²) in [5.41, 5.74) is 0.946. The van der Waals surface area contributed by atoms with Gasteiger partial charge in [0.2, 0.25) is 29.8 Å². The summed E-state index contributed by atoms with van der Waals surface area (Å²) in [7, 11) is 7.38. The summed E-state index contributed by atoms with van der Waals surface area (Å²) in [5.74, 6) is 2.60. The Morgan fingerprint density at radius 3 is 2.10 bits per heavy atom. The average molecular weight is 418 g/mol. The highest BCUT2D eigenvalue weighted by Crippen LogP contribution is 2.57. The molecule has 0 radical (unpaired) electrons. The third-order valence-corrected chi connectivity index (χ3v) is 5.06.